The molecule has 2 heterocycles. The zero-order valence-corrected chi connectivity index (χ0v) is 11.9. The number of carbonyl (C=O) groups excluding carboxylic acids is 1. The summed E-state index contributed by atoms with van der Waals surface area (Å²) in [6, 6.07) is 0. The highest BCUT2D eigenvalue weighted by Crippen LogP contribution is 2.20. The lowest BCUT2D eigenvalue weighted by molar-refractivity contribution is -0.140. The van der Waals surface area contributed by atoms with E-state index in [9.17, 15) is 4.79 Å². The molecular weight excluding hydrogens is 322 g/mol. The van der Waals surface area contributed by atoms with Crippen LogP contribution in [0.3, 0.4) is 0 Å². The van der Waals surface area contributed by atoms with Gasteiger partial charge in [-0.3, -0.25) is 4.79 Å². The number of carbonyl (C=O) groups is 1. The number of methoxy groups -OCH3 is 1. The van der Waals surface area contributed by atoms with Gasteiger partial charge in [-0.15, -0.1) is 10.2 Å². The third-order valence-electron chi connectivity index (χ3n) is 2.16. The lowest BCUT2D eigenvalue weighted by atomic mass is 10.3. The predicted octanol–water partition coefficient (Wildman–Crippen LogP) is 1.05. The van der Waals surface area contributed by atoms with Crippen molar-refractivity contribution in [2.45, 2.75) is 19.4 Å². The van der Waals surface area contributed by atoms with E-state index in [1.165, 1.54) is 23.4 Å². The molecule has 0 aromatic carbocycles. The van der Waals surface area contributed by atoms with Gasteiger partial charge in [-0.05, 0) is 32.7 Å². The van der Waals surface area contributed by atoms with Crippen molar-refractivity contribution in [2.24, 2.45) is 0 Å². The molecule has 18 heavy (non-hydrogen) atoms. The Balaban J connectivity index is 1.94. The van der Waals surface area contributed by atoms with Crippen molar-refractivity contribution in [1.29, 1.82) is 0 Å². The number of aryl methyl sites for hydroxylation is 1. The minimum absolute atomic E-state index is 0.256. The van der Waals surface area contributed by atoms with Crippen molar-refractivity contribution in [3.05, 3.63) is 21.4 Å². The summed E-state index contributed by atoms with van der Waals surface area (Å²) in [7, 11) is 1.36. The first-order valence-corrected chi connectivity index (χ1v) is 6.68. The number of aromatic nitrogens is 5. The summed E-state index contributed by atoms with van der Waals surface area (Å²) >= 11 is 4.76. The van der Waals surface area contributed by atoms with Gasteiger partial charge in [0.2, 0.25) is 0 Å². The molecule has 2 aromatic rings. The van der Waals surface area contributed by atoms with E-state index < -0.39 is 0 Å². The molecular formula is C9H10BrN5O2S. The Bertz CT molecular complexity index is 541. The van der Waals surface area contributed by atoms with Crippen molar-refractivity contribution >= 4 is 33.4 Å². The van der Waals surface area contributed by atoms with E-state index in [4.69, 9.17) is 0 Å². The van der Waals surface area contributed by atoms with Crippen LogP contribution in [-0.2, 0) is 22.5 Å². The topological polar surface area (TPSA) is 82.8 Å². The monoisotopic (exact) mass is 331 g/mol. The van der Waals surface area contributed by atoms with E-state index in [0.29, 0.717) is 18.8 Å². The molecule has 0 aliphatic heterocycles. The normalized spacial score (nSPS) is 10.6. The van der Waals surface area contributed by atoms with Gasteiger partial charge in [0.25, 0.3) is 0 Å². The number of rotatable bonds is 5. The second-order valence-electron chi connectivity index (χ2n) is 3.41. The molecule has 0 amide bonds. The summed E-state index contributed by atoms with van der Waals surface area (Å²) in [5.41, 5.74) is 0. The SMILES string of the molecule is COC(=O)CCc1nnn(Cc2sncc2Br)n1. The molecule has 9 heteroatoms. The zero-order chi connectivity index (χ0) is 13.0. The van der Waals surface area contributed by atoms with Crippen molar-refractivity contribution < 1.29 is 9.53 Å². The highest BCUT2D eigenvalue weighted by molar-refractivity contribution is 9.10. The first-order chi connectivity index (χ1) is 8.69. The van der Waals surface area contributed by atoms with Gasteiger partial charge in [0.15, 0.2) is 5.82 Å². The quantitative estimate of drug-likeness (QED) is 0.761. The number of halogens is 1. The summed E-state index contributed by atoms with van der Waals surface area (Å²) < 4.78 is 9.52. The van der Waals surface area contributed by atoms with Crippen molar-refractivity contribution in [2.75, 3.05) is 7.11 Å². The lowest BCUT2D eigenvalue weighted by Crippen LogP contribution is -2.05. The first-order valence-electron chi connectivity index (χ1n) is 5.11. The van der Waals surface area contributed by atoms with Crippen molar-refractivity contribution in [3.8, 4) is 0 Å². The Morgan fingerprint density at radius 1 is 1.61 bits per heavy atom. The summed E-state index contributed by atoms with van der Waals surface area (Å²) in [6.07, 6.45) is 2.41. The largest absolute Gasteiger partial charge is 0.469 e. The number of nitrogens with zero attached hydrogens (tertiary/aromatic N) is 5. The van der Waals surface area contributed by atoms with Crippen LogP contribution in [0, 0.1) is 0 Å². The average Bonchev–Trinajstić information content (AvgIpc) is 2.97. The van der Waals surface area contributed by atoms with Gasteiger partial charge < -0.3 is 4.74 Å². The maximum absolute atomic E-state index is 11.0. The van der Waals surface area contributed by atoms with Gasteiger partial charge in [-0.1, -0.05) is 0 Å². The van der Waals surface area contributed by atoms with Crippen LogP contribution in [0.4, 0.5) is 0 Å². The highest BCUT2D eigenvalue weighted by Gasteiger charge is 2.09. The molecule has 0 N–H and O–H groups in total. The van der Waals surface area contributed by atoms with E-state index in [1.54, 1.807) is 6.20 Å². The van der Waals surface area contributed by atoms with Crippen LogP contribution in [0.25, 0.3) is 0 Å². The standard InChI is InChI=1S/C9H10BrN5O2S/c1-17-9(16)3-2-8-12-14-15(13-8)5-7-6(10)4-11-18-7/h4H,2-3,5H2,1H3. The molecule has 0 aliphatic rings. The van der Waals surface area contributed by atoms with E-state index in [2.05, 4.69) is 40.5 Å². The van der Waals surface area contributed by atoms with Crippen molar-refractivity contribution in [1.82, 2.24) is 24.6 Å². The third kappa shape index (κ3) is 3.33. The van der Waals surface area contributed by atoms with Gasteiger partial charge in [0.05, 0.1) is 35.6 Å². The fourth-order valence-corrected chi connectivity index (χ4v) is 2.42. The van der Waals surface area contributed by atoms with Crippen LogP contribution in [-0.4, -0.2) is 37.7 Å². The van der Waals surface area contributed by atoms with Crippen LogP contribution in [0.2, 0.25) is 0 Å². The molecule has 0 saturated carbocycles. The smallest absolute Gasteiger partial charge is 0.305 e. The number of hydrogen-bond donors (Lipinski definition) is 0. The van der Waals surface area contributed by atoms with Crippen LogP contribution in [0.15, 0.2) is 10.7 Å². The van der Waals surface area contributed by atoms with Crippen molar-refractivity contribution in [3.63, 3.8) is 0 Å². The molecule has 0 fully saturated rings. The predicted molar refractivity (Wildman–Crippen MR) is 67.1 cm³/mol. The molecule has 0 spiro atoms. The van der Waals surface area contributed by atoms with E-state index in [0.717, 1.165) is 9.35 Å². The molecule has 96 valence electrons. The number of hydrogen-bond acceptors (Lipinski definition) is 7. The Morgan fingerprint density at radius 2 is 2.44 bits per heavy atom. The fraction of sp³-hybridized carbons (Fsp3) is 0.444. The van der Waals surface area contributed by atoms with E-state index in [-0.39, 0.29) is 12.4 Å². The summed E-state index contributed by atoms with van der Waals surface area (Å²) in [5, 5.41) is 12.0. The minimum atomic E-state index is -0.281. The Morgan fingerprint density at radius 3 is 3.11 bits per heavy atom. The molecule has 0 aliphatic carbocycles. The Labute approximate surface area is 115 Å². The summed E-state index contributed by atoms with van der Waals surface area (Å²) in [4.78, 5) is 13.5. The van der Waals surface area contributed by atoms with Gasteiger partial charge in [-0.2, -0.15) is 9.17 Å². The van der Waals surface area contributed by atoms with Gasteiger partial charge in [0, 0.05) is 6.42 Å². The molecule has 0 unspecified atom stereocenters. The third-order valence-corrected chi connectivity index (χ3v) is 3.88. The zero-order valence-electron chi connectivity index (χ0n) is 9.54. The average molecular weight is 332 g/mol. The van der Waals surface area contributed by atoms with Gasteiger partial charge >= 0.3 is 5.97 Å². The second kappa shape index (κ2) is 6.01. The minimum Gasteiger partial charge on any atom is -0.469 e. The molecule has 7 nitrogen and oxygen atoms in total. The lowest BCUT2D eigenvalue weighted by Gasteiger charge is -1.96. The molecule has 2 aromatic heterocycles. The second-order valence-corrected chi connectivity index (χ2v) is 5.15. The Kier molecular flexibility index (Phi) is 4.37. The number of ether oxygens (including phenoxy) is 1. The fourth-order valence-electron chi connectivity index (χ4n) is 1.24. The van der Waals surface area contributed by atoms with Crippen LogP contribution >= 0.6 is 27.5 Å². The maximum atomic E-state index is 11.0. The maximum Gasteiger partial charge on any atom is 0.305 e. The molecule has 0 bridgehead atoms. The summed E-state index contributed by atoms with van der Waals surface area (Å²) in [5.74, 6) is 0.248. The number of tetrazole rings is 1. The molecule has 0 atom stereocenters. The highest BCUT2D eigenvalue weighted by atomic mass is 79.9. The van der Waals surface area contributed by atoms with Crippen LogP contribution < -0.4 is 0 Å². The Hall–Kier alpha value is -1.35. The van der Waals surface area contributed by atoms with E-state index >= 15 is 0 Å². The van der Waals surface area contributed by atoms with Gasteiger partial charge in [-0.25, -0.2) is 0 Å². The molecule has 2 rings (SSSR count). The van der Waals surface area contributed by atoms with E-state index in [1.807, 2.05) is 0 Å². The molecule has 0 saturated heterocycles. The van der Waals surface area contributed by atoms with Crippen LogP contribution in [0.5, 0.6) is 0 Å². The summed E-state index contributed by atoms with van der Waals surface area (Å²) in [6.45, 7) is 0.510. The first kappa shape index (κ1) is 13.1. The van der Waals surface area contributed by atoms with Gasteiger partial charge in [0.1, 0.15) is 0 Å². The molecule has 0 radical (unpaired) electrons. The van der Waals surface area contributed by atoms with Crippen LogP contribution in [0.1, 0.15) is 17.1 Å². The number of esters is 1.